The molecule has 0 saturated carbocycles. The molecule has 0 unspecified atom stereocenters. The average molecular weight is 271 g/mol. The first-order valence-electron chi connectivity index (χ1n) is 5.77. The van der Waals surface area contributed by atoms with Crippen molar-refractivity contribution in [1.29, 1.82) is 5.26 Å². The van der Waals surface area contributed by atoms with Crippen LogP contribution in [0.2, 0.25) is 0 Å². The number of benzene rings is 1. The maximum atomic E-state index is 9.22. The van der Waals surface area contributed by atoms with Crippen LogP contribution in [0.5, 0.6) is 0 Å². The van der Waals surface area contributed by atoms with Gasteiger partial charge in [-0.05, 0) is 37.1 Å². The molecule has 0 spiro atoms. The van der Waals surface area contributed by atoms with Gasteiger partial charge < -0.3 is 5.11 Å². The van der Waals surface area contributed by atoms with E-state index in [2.05, 4.69) is 16.3 Å². The molecule has 19 heavy (non-hydrogen) atoms. The molecule has 5 heteroatoms. The number of nitriles is 1. The Morgan fingerprint density at radius 3 is 2.47 bits per heavy atom. The summed E-state index contributed by atoms with van der Waals surface area (Å²) < 4.78 is 0. The van der Waals surface area contributed by atoms with Gasteiger partial charge in [-0.2, -0.15) is 10.4 Å². The summed E-state index contributed by atoms with van der Waals surface area (Å²) in [5.74, 6) is 0. The van der Waals surface area contributed by atoms with E-state index in [1.54, 1.807) is 0 Å². The van der Waals surface area contributed by atoms with Gasteiger partial charge in [0.2, 0.25) is 0 Å². The van der Waals surface area contributed by atoms with Crippen molar-refractivity contribution in [2.24, 2.45) is 0 Å². The fourth-order valence-corrected chi connectivity index (χ4v) is 2.44. The molecule has 0 saturated heterocycles. The van der Waals surface area contributed by atoms with Crippen molar-refractivity contribution in [1.82, 2.24) is 10.2 Å². The number of rotatable bonds is 3. The van der Waals surface area contributed by atoms with Gasteiger partial charge >= 0.3 is 0 Å². The standard InChI is InChI=1S/C14H13N3OS/c1-9-10(2)16-17-14(13(9)7-15)19-12-5-3-11(8-18)4-6-12/h3-6,18H,8H2,1-2H3. The third-order valence-electron chi connectivity index (χ3n) is 2.85. The molecule has 0 amide bonds. The summed E-state index contributed by atoms with van der Waals surface area (Å²) in [6.45, 7) is 3.74. The molecule has 0 aliphatic rings. The minimum atomic E-state index is 0.0256. The van der Waals surface area contributed by atoms with E-state index in [1.165, 1.54) is 11.8 Å². The lowest BCUT2D eigenvalue weighted by molar-refractivity contribution is 0.282. The summed E-state index contributed by atoms with van der Waals surface area (Å²) in [5, 5.41) is 27.0. The molecule has 1 N–H and O–H groups in total. The molecule has 2 aromatic rings. The van der Waals surface area contributed by atoms with Crippen LogP contribution in [0.1, 0.15) is 22.4 Å². The smallest absolute Gasteiger partial charge is 0.142 e. The summed E-state index contributed by atoms with van der Waals surface area (Å²) in [6.07, 6.45) is 0. The zero-order valence-electron chi connectivity index (χ0n) is 10.7. The van der Waals surface area contributed by atoms with Gasteiger partial charge in [0.05, 0.1) is 17.9 Å². The molecule has 0 atom stereocenters. The van der Waals surface area contributed by atoms with Crippen molar-refractivity contribution in [3.05, 3.63) is 46.6 Å². The lowest BCUT2D eigenvalue weighted by Crippen LogP contribution is -1.98. The lowest BCUT2D eigenvalue weighted by Gasteiger charge is -2.06. The van der Waals surface area contributed by atoms with Crippen LogP contribution in [0.15, 0.2) is 34.2 Å². The van der Waals surface area contributed by atoms with Crippen LogP contribution in [0.25, 0.3) is 0 Å². The molecule has 0 bridgehead atoms. The maximum Gasteiger partial charge on any atom is 0.142 e. The Morgan fingerprint density at radius 2 is 1.89 bits per heavy atom. The fourth-order valence-electron chi connectivity index (χ4n) is 1.56. The molecule has 0 aliphatic carbocycles. The number of aliphatic hydroxyl groups is 1. The summed E-state index contributed by atoms with van der Waals surface area (Å²) in [5.41, 5.74) is 3.07. The Hall–Kier alpha value is -1.90. The van der Waals surface area contributed by atoms with Crippen LogP contribution in [0.3, 0.4) is 0 Å². The molecule has 96 valence electrons. The van der Waals surface area contributed by atoms with Gasteiger partial charge in [-0.3, -0.25) is 0 Å². The predicted octanol–water partition coefficient (Wildman–Crippen LogP) is 2.61. The van der Waals surface area contributed by atoms with Crippen LogP contribution in [-0.2, 0) is 6.61 Å². The van der Waals surface area contributed by atoms with Crippen molar-refractivity contribution in [2.45, 2.75) is 30.4 Å². The highest BCUT2D eigenvalue weighted by Crippen LogP contribution is 2.30. The normalized spacial score (nSPS) is 10.2. The molecular formula is C14H13N3OS. The highest BCUT2D eigenvalue weighted by Gasteiger charge is 2.12. The van der Waals surface area contributed by atoms with Gasteiger partial charge in [-0.25, -0.2) is 0 Å². The lowest BCUT2D eigenvalue weighted by atomic mass is 10.1. The monoisotopic (exact) mass is 271 g/mol. The second-order valence-electron chi connectivity index (χ2n) is 4.11. The molecule has 0 fully saturated rings. The summed E-state index contributed by atoms with van der Waals surface area (Å²) >= 11 is 1.40. The number of nitrogens with zero attached hydrogens (tertiary/aromatic N) is 3. The van der Waals surface area contributed by atoms with E-state index in [4.69, 9.17) is 5.11 Å². The Balaban J connectivity index is 2.33. The van der Waals surface area contributed by atoms with E-state index in [0.717, 1.165) is 21.7 Å². The molecule has 0 radical (unpaired) electrons. The van der Waals surface area contributed by atoms with Crippen LogP contribution < -0.4 is 0 Å². The van der Waals surface area contributed by atoms with E-state index < -0.39 is 0 Å². The van der Waals surface area contributed by atoms with Gasteiger partial charge in [0, 0.05) is 4.90 Å². The quantitative estimate of drug-likeness (QED) is 0.929. The van der Waals surface area contributed by atoms with E-state index in [1.807, 2.05) is 38.1 Å². The third kappa shape index (κ3) is 2.92. The van der Waals surface area contributed by atoms with Gasteiger partial charge in [0.1, 0.15) is 11.1 Å². The molecule has 1 aromatic heterocycles. The molecule has 1 heterocycles. The highest BCUT2D eigenvalue weighted by molar-refractivity contribution is 7.99. The zero-order valence-corrected chi connectivity index (χ0v) is 11.5. The van der Waals surface area contributed by atoms with Gasteiger partial charge in [-0.15, -0.1) is 5.10 Å². The number of aromatic nitrogens is 2. The van der Waals surface area contributed by atoms with Crippen LogP contribution in [0, 0.1) is 25.2 Å². The molecule has 0 aliphatic heterocycles. The van der Waals surface area contributed by atoms with Gasteiger partial charge in [-0.1, -0.05) is 23.9 Å². The van der Waals surface area contributed by atoms with Crippen molar-refractivity contribution >= 4 is 11.8 Å². The fraction of sp³-hybridized carbons (Fsp3) is 0.214. The topological polar surface area (TPSA) is 69.8 Å². The first-order valence-corrected chi connectivity index (χ1v) is 6.59. The SMILES string of the molecule is Cc1nnc(Sc2ccc(CO)cc2)c(C#N)c1C. The van der Waals surface area contributed by atoms with E-state index in [0.29, 0.717) is 10.6 Å². The second kappa shape index (κ2) is 5.83. The second-order valence-corrected chi connectivity index (χ2v) is 5.17. The maximum absolute atomic E-state index is 9.22. The van der Waals surface area contributed by atoms with Crippen LogP contribution in [-0.4, -0.2) is 15.3 Å². The predicted molar refractivity (Wildman–Crippen MR) is 72.7 cm³/mol. The number of aryl methyl sites for hydroxylation is 1. The van der Waals surface area contributed by atoms with Gasteiger partial charge in [0.15, 0.2) is 0 Å². The third-order valence-corrected chi connectivity index (χ3v) is 3.84. The summed E-state index contributed by atoms with van der Waals surface area (Å²) in [4.78, 5) is 0.964. The number of hydrogen-bond donors (Lipinski definition) is 1. The first-order chi connectivity index (χ1) is 9.15. The molecule has 2 rings (SSSR count). The van der Waals surface area contributed by atoms with Crippen LogP contribution in [0.4, 0.5) is 0 Å². The van der Waals surface area contributed by atoms with E-state index in [-0.39, 0.29) is 6.61 Å². The van der Waals surface area contributed by atoms with Crippen molar-refractivity contribution in [2.75, 3.05) is 0 Å². The van der Waals surface area contributed by atoms with Gasteiger partial charge in [0.25, 0.3) is 0 Å². The number of aliphatic hydroxyl groups excluding tert-OH is 1. The summed E-state index contributed by atoms with van der Waals surface area (Å²) in [6, 6.07) is 9.68. The Morgan fingerprint density at radius 1 is 1.21 bits per heavy atom. The molecule has 4 nitrogen and oxygen atoms in total. The first kappa shape index (κ1) is 13.5. The Kier molecular flexibility index (Phi) is 4.15. The summed E-state index contributed by atoms with van der Waals surface area (Å²) in [7, 11) is 0. The zero-order chi connectivity index (χ0) is 13.8. The van der Waals surface area contributed by atoms with Crippen molar-refractivity contribution in [3.63, 3.8) is 0 Å². The highest BCUT2D eigenvalue weighted by atomic mass is 32.2. The van der Waals surface area contributed by atoms with Crippen LogP contribution >= 0.6 is 11.8 Å². The van der Waals surface area contributed by atoms with Crippen molar-refractivity contribution in [3.8, 4) is 6.07 Å². The molecular weight excluding hydrogens is 258 g/mol. The Bertz CT molecular complexity index is 632. The van der Waals surface area contributed by atoms with E-state index >= 15 is 0 Å². The van der Waals surface area contributed by atoms with Crippen molar-refractivity contribution < 1.29 is 5.11 Å². The largest absolute Gasteiger partial charge is 0.392 e. The number of hydrogen-bond acceptors (Lipinski definition) is 5. The Labute approximate surface area is 116 Å². The minimum absolute atomic E-state index is 0.0256. The van der Waals surface area contributed by atoms with E-state index in [9.17, 15) is 5.26 Å². The average Bonchev–Trinajstić information content (AvgIpc) is 2.44. The molecule has 1 aromatic carbocycles. The minimum Gasteiger partial charge on any atom is -0.392 e.